The van der Waals surface area contributed by atoms with E-state index in [1.807, 2.05) is 16.9 Å². The highest BCUT2D eigenvalue weighted by Gasteiger charge is 2.33. The number of fused-ring (bicyclic) bond motifs is 1. The number of rotatable bonds is 4. The molecule has 0 aliphatic carbocycles. The topological polar surface area (TPSA) is 64.2 Å². The summed E-state index contributed by atoms with van der Waals surface area (Å²) in [6.07, 6.45) is 5.67. The zero-order chi connectivity index (χ0) is 17.9. The van der Waals surface area contributed by atoms with E-state index in [9.17, 15) is 4.79 Å². The van der Waals surface area contributed by atoms with Gasteiger partial charge in [0.25, 0.3) is 0 Å². The SMILES string of the molecule is NCC(c1ccccc1)C1CCN(C(=O)C2CCn3nccc3C2)CC1. The van der Waals surface area contributed by atoms with Gasteiger partial charge in [0.15, 0.2) is 0 Å². The molecule has 1 fully saturated rings. The third-order valence-corrected chi connectivity index (χ3v) is 6.20. The van der Waals surface area contributed by atoms with E-state index in [1.54, 1.807) is 0 Å². The van der Waals surface area contributed by atoms with Crippen LogP contribution in [0.15, 0.2) is 42.6 Å². The number of piperidine rings is 1. The highest BCUT2D eigenvalue weighted by molar-refractivity contribution is 5.79. The lowest BCUT2D eigenvalue weighted by atomic mass is 9.79. The second-order valence-electron chi connectivity index (χ2n) is 7.65. The summed E-state index contributed by atoms with van der Waals surface area (Å²) in [5, 5.41) is 4.31. The predicted molar refractivity (Wildman–Crippen MR) is 102 cm³/mol. The number of aryl methyl sites for hydroxylation is 1. The lowest BCUT2D eigenvalue weighted by Crippen LogP contribution is -2.44. The number of hydrogen-bond acceptors (Lipinski definition) is 3. The molecule has 1 amide bonds. The lowest BCUT2D eigenvalue weighted by molar-refractivity contribution is -0.137. The second kappa shape index (κ2) is 7.62. The normalized spacial score (nSPS) is 22.0. The first kappa shape index (κ1) is 17.3. The highest BCUT2D eigenvalue weighted by atomic mass is 16.2. The third-order valence-electron chi connectivity index (χ3n) is 6.20. The molecule has 26 heavy (non-hydrogen) atoms. The maximum atomic E-state index is 13.0. The number of likely N-dealkylation sites (tertiary alicyclic amines) is 1. The maximum Gasteiger partial charge on any atom is 0.226 e. The molecule has 5 nitrogen and oxygen atoms in total. The Morgan fingerprint density at radius 1 is 1.12 bits per heavy atom. The van der Waals surface area contributed by atoms with Crippen LogP contribution >= 0.6 is 0 Å². The molecule has 5 heteroatoms. The number of nitrogens with zero attached hydrogens (tertiary/aromatic N) is 3. The van der Waals surface area contributed by atoms with Gasteiger partial charge in [-0.2, -0.15) is 5.10 Å². The van der Waals surface area contributed by atoms with E-state index >= 15 is 0 Å². The molecule has 1 saturated heterocycles. The molecule has 4 rings (SSSR count). The van der Waals surface area contributed by atoms with Gasteiger partial charge >= 0.3 is 0 Å². The van der Waals surface area contributed by atoms with E-state index in [2.05, 4.69) is 40.3 Å². The van der Waals surface area contributed by atoms with Crippen molar-refractivity contribution in [3.05, 3.63) is 53.9 Å². The van der Waals surface area contributed by atoms with E-state index in [1.165, 1.54) is 11.3 Å². The molecule has 3 heterocycles. The van der Waals surface area contributed by atoms with Gasteiger partial charge in [-0.3, -0.25) is 9.48 Å². The standard InChI is InChI=1S/C21H28N4O/c22-15-20(16-4-2-1-3-5-16)17-7-11-24(12-8-17)21(26)18-9-13-25-19(14-18)6-10-23-25/h1-6,10,17-18,20H,7-9,11-15,22H2. The van der Waals surface area contributed by atoms with Crippen molar-refractivity contribution < 1.29 is 4.79 Å². The van der Waals surface area contributed by atoms with Crippen LogP contribution in [0.3, 0.4) is 0 Å². The fourth-order valence-corrected chi connectivity index (χ4v) is 4.66. The number of carbonyl (C=O) groups is 1. The summed E-state index contributed by atoms with van der Waals surface area (Å²) in [6, 6.07) is 12.6. The number of carbonyl (C=O) groups excluding carboxylic acids is 1. The first-order valence-corrected chi connectivity index (χ1v) is 9.80. The summed E-state index contributed by atoms with van der Waals surface area (Å²) >= 11 is 0. The van der Waals surface area contributed by atoms with Gasteiger partial charge in [0.1, 0.15) is 0 Å². The molecule has 1 aromatic heterocycles. The second-order valence-corrected chi connectivity index (χ2v) is 7.65. The van der Waals surface area contributed by atoms with Gasteiger partial charge in [-0.25, -0.2) is 0 Å². The molecule has 0 spiro atoms. The molecule has 0 bridgehead atoms. The number of nitrogens with two attached hydrogens (primary N) is 1. The molecule has 138 valence electrons. The van der Waals surface area contributed by atoms with Crippen LogP contribution in [0, 0.1) is 11.8 Å². The van der Waals surface area contributed by atoms with Crippen LogP contribution in [0.5, 0.6) is 0 Å². The monoisotopic (exact) mass is 352 g/mol. The van der Waals surface area contributed by atoms with Crippen LogP contribution in [0.2, 0.25) is 0 Å². The molecule has 0 saturated carbocycles. The van der Waals surface area contributed by atoms with E-state index in [-0.39, 0.29) is 5.92 Å². The minimum absolute atomic E-state index is 0.121. The Balaban J connectivity index is 1.35. The summed E-state index contributed by atoms with van der Waals surface area (Å²) in [5.74, 6) is 1.42. The lowest BCUT2D eigenvalue weighted by Gasteiger charge is -2.38. The average molecular weight is 352 g/mol. The van der Waals surface area contributed by atoms with Crippen LogP contribution in [0.4, 0.5) is 0 Å². The van der Waals surface area contributed by atoms with E-state index < -0.39 is 0 Å². The predicted octanol–water partition coefficient (Wildman–Crippen LogP) is 2.43. The summed E-state index contributed by atoms with van der Waals surface area (Å²) in [5.41, 5.74) is 8.62. The quantitative estimate of drug-likeness (QED) is 0.919. The summed E-state index contributed by atoms with van der Waals surface area (Å²) < 4.78 is 2.03. The van der Waals surface area contributed by atoms with Crippen molar-refractivity contribution in [2.24, 2.45) is 17.6 Å². The molecule has 2 atom stereocenters. The van der Waals surface area contributed by atoms with E-state index in [4.69, 9.17) is 5.73 Å². The Labute approximate surface area is 155 Å². The summed E-state index contributed by atoms with van der Waals surface area (Å²) in [7, 11) is 0. The Hall–Kier alpha value is -2.14. The largest absolute Gasteiger partial charge is 0.342 e. The van der Waals surface area contributed by atoms with Crippen molar-refractivity contribution >= 4 is 5.91 Å². The molecular formula is C21H28N4O. The fourth-order valence-electron chi connectivity index (χ4n) is 4.66. The zero-order valence-electron chi connectivity index (χ0n) is 15.3. The van der Waals surface area contributed by atoms with Crippen molar-refractivity contribution in [1.29, 1.82) is 0 Å². The number of benzene rings is 1. The average Bonchev–Trinajstić information content (AvgIpc) is 3.17. The van der Waals surface area contributed by atoms with Crippen molar-refractivity contribution in [2.75, 3.05) is 19.6 Å². The van der Waals surface area contributed by atoms with Gasteiger partial charge in [0.2, 0.25) is 5.91 Å². The fraction of sp³-hybridized carbons (Fsp3) is 0.524. The van der Waals surface area contributed by atoms with Gasteiger partial charge in [-0.05, 0) is 49.3 Å². The molecule has 0 radical (unpaired) electrons. The molecule has 2 aromatic rings. The number of aromatic nitrogens is 2. The van der Waals surface area contributed by atoms with Gasteiger partial charge < -0.3 is 10.6 Å². The van der Waals surface area contributed by atoms with Gasteiger partial charge in [-0.15, -0.1) is 0 Å². The van der Waals surface area contributed by atoms with Crippen molar-refractivity contribution in [3.8, 4) is 0 Å². The highest BCUT2D eigenvalue weighted by Crippen LogP contribution is 2.33. The maximum absolute atomic E-state index is 13.0. The van der Waals surface area contributed by atoms with E-state index in [0.29, 0.717) is 24.3 Å². The molecular weight excluding hydrogens is 324 g/mol. The first-order chi connectivity index (χ1) is 12.8. The Bertz CT molecular complexity index is 733. The third kappa shape index (κ3) is 3.40. The first-order valence-electron chi connectivity index (χ1n) is 9.80. The molecule has 2 unspecified atom stereocenters. The zero-order valence-corrected chi connectivity index (χ0v) is 15.3. The molecule has 1 aromatic carbocycles. The van der Waals surface area contributed by atoms with Crippen LogP contribution in [0.1, 0.15) is 36.4 Å². The van der Waals surface area contributed by atoms with Crippen LogP contribution in [0.25, 0.3) is 0 Å². The van der Waals surface area contributed by atoms with Crippen molar-refractivity contribution in [1.82, 2.24) is 14.7 Å². The minimum Gasteiger partial charge on any atom is -0.342 e. The molecule has 2 N–H and O–H groups in total. The summed E-state index contributed by atoms with van der Waals surface area (Å²) in [4.78, 5) is 15.1. The van der Waals surface area contributed by atoms with Gasteiger partial charge in [0.05, 0.1) is 0 Å². The van der Waals surface area contributed by atoms with Crippen molar-refractivity contribution in [3.63, 3.8) is 0 Å². The van der Waals surface area contributed by atoms with Gasteiger partial charge in [-0.1, -0.05) is 30.3 Å². The van der Waals surface area contributed by atoms with Gasteiger partial charge in [0, 0.05) is 43.9 Å². The van der Waals surface area contributed by atoms with Crippen LogP contribution < -0.4 is 5.73 Å². The Morgan fingerprint density at radius 2 is 1.88 bits per heavy atom. The Kier molecular flexibility index (Phi) is 5.07. The Morgan fingerprint density at radius 3 is 2.62 bits per heavy atom. The summed E-state index contributed by atoms with van der Waals surface area (Å²) in [6.45, 7) is 3.26. The van der Waals surface area contributed by atoms with Crippen LogP contribution in [-0.2, 0) is 17.8 Å². The van der Waals surface area contributed by atoms with E-state index in [0.717, 1.165) is 45.3 Å². The number of hydrogen-bond donors (Lipinski definition) is 1. The molecule has 2 aliphatic rings. The van der Waals surface area contributed by atoms with Crippen LogP contribution in [-0.4, -0.2) is 40.2 Å². The minimum atomic E-state index is 0.121. The molecule has 2 aliphatic heterocycles. The van der Waals surface area contributed by atoms with Crippen molar-refractivity contribution in [2.45, 2.75) is 38.1 Å². The smallest absolute Gasteiger partial charge is 0.226 e. The number of amides is 1.